The first-order valence-corrected chi connectivity index (χ1v) is 15.4. The van der Waals surface area contributed by atoms with Crippen LogP contribution in [-0.4, -0.2) is 58.5 Å². The average Bonchev–Trinajstić information content (AvgIpc) is 3.46. The van der Waals surface area contributed by atoms with Gasteiger partial charge in [0, 0.05) is 20.4 Å². The van der Waals surface area contributed by atoms with Gasteiger partial charge in [0.05, 0.1) is 6.54 Å². The number of benzene rings is 1. The van der Waals surface area contributed by atoms with Crippen LogP contribution in [0.1, 0.15) is 25.6 Å². The van der Waals surface area contributed by atoms with Crippen LogP contribution in [0.4, 0.5) is 5.82 Å². The van der Waals surface area contributed by atoms with E-state index in [4.69, 9.17) is 35.6 Å². The predicted octanol–water partition coefficient (Wildman–Crippen LogP) is 2.89. The summed E-state index contributed by atoms with van der Waals surface area (Å²) >= 11 is 6.24. The molecule has 1 fully saturated rings. The van der Waals surface area contributed by atoms with Crippen LogP contribution in [0.25, 0.3) is 11.2 Å². The van der Waals surface area contributed by atoms with Gasteiger partial charge in [0.15, 0.2) is 34.6 Å². The molecule has 0 aliphatic carbocycles. The predicted molar refractivity (Wildman–Crippen MR) is 136 cm³/mol. The van der Waals surface area contributed by atoms with E-state index in [-0.39, 0.29) is 23.3 Å². The molecule has 204 valence electrons. The fourth-order valence-corrected chi connectivity index (χ4v) is 7.14. The molecular formula is C21H25ClN6O8P2. The minimum Gasteiger partial charge on any atom is -0.466 e. The molecule has 1 saturated heterocycles. The van der Waals surface area contributed by atoms with Crippen molar-refractivity contribution >= 4 is 43.7 Å². The average molecular weight is 587 g/mol. The highest BCUT2D eigenvalue weighted by Crippen LogP contribution is 2.52. The van der Waals surface area contributed by atoms with Crippen LogP contribution in [-0.2, 0) is 29.9 Å². The maximum atomic E-state index is 12.3. The van der Waals surface area contributed by atoms with Gasteiger partial charge in [-0.1, -0.05) is 30.3 Å². The number of nitrogens with one attached hydrogen (secondary N) is 2. The zero-order valence-electron chi connectivity index (χ0n) is 20.2. The molecular weight excluding hydrogens is 562 g/mol. The van der Waals surface area contributed by atoms with Crippen molar-refractivity contribution in [3.8, 4) is 0 Å². The Morgan fingerprint density at radius 2 is 1.87 bits per heavy atom. The molecule has 5 N–H and O–H groups in total. The Morgan fingerprint density at radius 1 is 1.13 bits per heavy atom. The van der Waals surface area contributed by atoms with Crippen LogP contribution in [0.15, 0.2) is 48.2 Å². The van der Waals surface area contributed by atoms with E-state index in [1.165, 1.54) is 6.33 Å². The minimum atomic E-state index is -4.74. The molecule has 0 bridgehead atoms. The molecule has 17 heteroatoms. The summed E-state index contributed by atoms with van der Waals surface area (Å²) in [4.78, 5) is 41.2. The molecule has 0 radical (unpaired) electrons. The van der Waals surface area contributed by atoms with Gasteiger partial charge in [-0.25, -0.2) is 10.1 Å². The van der Waals surface area contributed by atoms with Crippen LogP contribution < -0.4 is 10.4 Å². The summed E-state index contributed by atoms with van der Waals surface area (Å²) in [5.74, 6) is -1.44. The lowest BCUT2D eigenvalue weighted by atomic mass is 10.2. The third-order valence-corrected chi connectivity index (χ3v) is 9.48. The second kappa shape index (κ2) is 9.89. The van der Waals surface area contributed by atoms with Crippen molar-refractivity contribution in [3.63, 3.8) is 0 Å². The summed E-state index contributed by atoms with van der Waals surface area (Å²) in [5, 5.41) is 5.47. The van der Waals surface area contributed by atoms with E-state index in [9.17, 15) is 14.0 Å². The third-order valence-electron chi connectivity index (χ3n) is 5.66. The van der Waals surface area contributed by atoms with Crippen molar-refractivity contribution in [3.05, 3.63) is 59.0 Å². The molecule has 0 amide bonds. The Hall–Kier alpha value is -2.54. The molecule has 3 atom stereocenters. The molecule has 1 aromatic carbocycles. The molecule has 38 heavy (non-hydrogen) atoms. The molecule has 2 aliphatic rings. The Kier molecular flexibility index (Phi) is 7.04. The molecule has 0 spiro atoms. The highest BCUT2D eigenvalue weighted by Gasteiger charge is 2.51. The van der Waals surface area contributed by atoms with Gasteiger partial charge in [-0.3, -0.25) is 13.7 Å². The number of hydrogen-bond acceptors (Lipinski definition) is 9. The van der Waals surface area contributed by atoms with E-state index in [1.807, 2.05) is 30.3 Å². The summed E-state index contributed by atoms with van der Waals surface area (Å²) in [6.07, 6.45) is -0.156. The zero-order valence-corrected chi connectivity index (χ0v) is 22.7. The van der Waals surface area contributed by atoms with E-state index in [0.717, 1.165) is 5.56 Å². The van der Waals surface area contributed by atoms with Crippen molar-refractivity contribution < 1.29 is 38.0 Å². The first kappa shape index (κ1) is 27.0. The van der Waals surface area contributed by atoms with Crippen molar-refractivity contribution in [2.45, 2.75) is 38.5 Å². The summed E-state index contributed by atoms with van der Waals surface area (Å²) in [6.45, 7) is 3.52. The van der Waals surface area contributed by atoms with Crippen LogP contribution in [0.2, 0.25) is 5.28 Å². The topological polar surface area (TPSA) is 190 Å². The molecule has 2 unspecified atom stereocenters. The Bertz CT molecular complexity index is 1490. The molecule has 14 nitrogen and oxygen atoms in total. The number of halogens is 1. The van der Waals surface area contributed by atoms with E-state index >= 15 is 0 Å². The largest absolute Gasteiger partial charge is 0.466 e. The standard InChI is InChI=1S/C21H25ClN6O8P2/c1-21(2)35-15-13(9-25-37(29,30)11-38(31,32)33)34-19(16(15)36-21)28-10-24-14-17(26-20(22)27-18(14)28)23-8-12-6-4-3-5-7-12/h3-7,10,16,19H,8-9,11H2,1-2H3,(H,23,26,27)(H2,25,29,30)(H2,31,32,33)/t16?,19-/m1/s1. The van der Waals surface area contributed by atoms with E-state index in [0.29, 0.717) is 23.5 Å². The first-order valence-electron chi connectivity index (χ1n) is 11.4. The van der Waals surface area contributed by atoms with Gasteiger partial charge in [0.25, 0.3) is 7.52 Å². The maximum Gasteiger partial charge on any atom is 0.336 e. The van der Waals surface area contributed by atoms with Crippen LogP contribution in [0.3, 0.4) is 0 Å². The highest BCUT2D eigenvalue weighted by atomic mass is 35.5. The van der Waals surface area contributed by atoms with Crippen molar-refractivity contribution in [1.29, 1.82) is 0 Å². The molecule has 4 heterocycles. The first-order chi connectivity index (χ1) is 17.8. The molecule has 0 saturated carbocycles. The zero-order chi connectivity index (χ0) is 27.3. The molecule has 2 aromatic heterocycles. The van der Waals surface area contributed by atoms with Crippen LogP contribution in [0.5, 0.6) is 0 Å². The van der Waals surface area contributed by atoms with Crippen molar-refractivity contribution in [2.75, 3.05) is 17.8 Å². The molecule has 2 aliphatic heterocycles. The summed E-state index contributed by atoms with van der Waals surface area (Å²) < 4.78 is 43.1. The fourth-order valence-electron chi connectivity index (χ4n) is 4.18. The Morgan fingerprint density at radius 3 is 2.58 bits per heavy atom. The van der Waals surface area contributed by atoms with Gasteiger partial charge in [0.2, 0.25) is 17.3 Å². The van der Waals surface area contributed by atoms with Gasteiger partial charge in [0.1, 0.15) is 12.2 Å². The lowest BCUT2D eigenvalue weighted by Crippen LogP contribution is -2.28. The number of ether oxygens (including phenoxy) is 3. The third kappa shape index (κ3) is 5.88. The number of rotatable bonds is 9. The Labute approximate surface area is 221 Å². The monoisotopic (exact) mass is 586 g/mol. The number of nitrogens with zero attached hydrogens (tertiary/aromatic N) is 4. The number of anilines is 1. The lowest BCUT2D eigenvalue weighted by molar-refractivity contribution is -0.164. The summed E-state index contributed by atoms with van der Waals surface area (Å²) in [6, 6.07) is 9.70. The van der Waals surface area contributed by atoms with Gasteiger partial charge in [-0.15, -0.1) is 0 Å². The van der Waals surface area contributed by atoms with Gasteiger partial charge < -0.3 is 34.2 Å². The van der Waals surface area contributed by atoms with Crippen molar-refractivity contribution in [1.82, 2.24) is 24.6 Å². The highest BCUT2D eigenvalue weighted by molar-refractivity contribution is 7.71. The van der Waals surface area contributed by atoms with Crippen LogP contribution >= 0.6 is 26.7 Å². The number of hydrogen-bond donors (Lipinski definition) is 5. The number of aromatic nitrogens is 4. The summed E-state index contributed by atoms with van der Waals surface area (Å²) in [7, 11) is -9.13. The quantitative estimate of drug-likeness (QED) is 0.182. The SMILES string of the molecule is CC1(C)OC2=C(CNP(=O)(O)CP(=O)(O)O)O[C@@H](n3cnc4c(NCc5ccccc5)nc(Cl)nc43)C2O1. The maximum absolute atomic E-state index is 12.3. The normalized spacial score (nSPS) is 22.2. The lowest BCUT2D eigenvalue weighted by Gasteiger charge is -2.23. The second-order valence-corrected chi connectivity index (χ2v) is 13.7. The smallest absolute Gasteiger partial charge is 0.336 e. The van der Waals surface area contributed by atoms with E-state index < -0.39 is 39.1 Å². The number of fused-ring (bicyclic) bond motifs is 2. The minimum absolute atomic E-state index is 0.0227. The fraction of sp³-hybridized carbons (Fsp3) is 0.381. The van der Waals surface area contributed by atoms with Gasteiger partial charge >= 0.3 is 7.60 Å². The molecule has 5 rings (SSSR count). The van der Waals surface area contributed by atoms with Gasteiger partial charge in [-0.2, -0.15) is 9.97 Å². The van der Waals surface area contributed by atoms with E-state index in [1.54, 1.807) is 18.4 Å². The van der Waals surface area contributed by atoms with Crippen molar-refractivity contribution in [2.24, 2.45) is 0 Å². The Balaban J connectivity index is 1.42. The van der Waals surface area contributed by atoms with E-state index in [2.05, 4.69) is 25.4 Å². The second-order valence-electron chi connectivity index (χ2n) is 9.18. The number of imidazole rings is 1. The molecule has 3 aromatic rings. The summed E-state index contributed by atoms with van der Waals surface area (Å²) in [5.41, 5.74) is 1.81. The van der Waals surface area contributed by atoms with Gasteiger partial charge in [-0.05, 0) is 17.2 Å². The van der Waals surface area contributed by atoms with Crippen LogP contribution in [0, 0.1) is 0 Å².